The highest BCUT2D eigenvalue weighted by atomic mass is 16.2. The molecule has 1 saturated carbocycles. The van der Waals surface area contributed by atoms with Crippen LogP contribution in [0, 0.1) is 5.92 Å². The van der Waals surface area contributed by atoms with E-state index in [1.165, 1.54) is 24.8 Å². The molecule has 0 radical (unpaired) electrons. The zero-order valence-corrected chi connectivity index (χ0v) is 13.1. The minimum absolute atomic E-state index is 0.0588. The van der Waals surface area contributed by atoms with E-state index < -0.39 is 0 Å². The number of carbonyl (C=O) groups excluding carboxylic acids is 1. The summed E-state index contributed by atoms with van der Waals surface area (Å²) in [5.74, 6) is 0.924. The first-order chi connectivity index (χ1) is 10.2. The molecule has 1 aliphatic carbocycles. The van der Waals surface area contributed by atoms with Gasteiger partial charge >= 0.3 is 0 Å². The van der Waals surface area contributed by atoms with Crippen LogP contribution in [0.5, 0.6) is 0 Å². The smallest absolute Gasteiger partial charge is 0.241 e. The van der Waals surface area contributed by atoms with Crippen LogP contribution in [0.25, 0.3) is 0 Å². The van der Waals surface area contributed by atoms with E-state index >= 15 is 0 Å². The number of benzene rings is 1. The zero-order valence-electron chi connectivity index (χ0n) is 13.1. The first-order valence-electron chi connectivity index (χ1n) is 8.29. The van der Waals surface area contributed by atoms with Crippen molar-refractivity contribution in [2.45, 2.75) is 64.2 Å². The van der Waals surface area contributed by atoms with Crippen molar-refractivity contribution in [1.82, 2.24) is 10.2 Å². The maximum absolute atomic E-state index is 12.8. The molecule has 0 aromatic heterocycles. The molecular formula is C18H26N2O. The second kappa shape index (κ2) is 6.18. The van der Waals surface area contributed by atoms with E-state index in [9.17, 15) is 4.79 Å². The molecule has 1 heterocycles. The van der Waals surface area contributed by atoms with Gasteiger partial charge in [0.25, 0.3) is 0 Å². The van der Waals surface area contributed by atoms with Gasteiger partial charge in [-0.05, 0) is 37.7 Å². The van der Waals surface area contributed by atoms with Gasteiger partial charge in [-0.25, -0.2) is 0 Å². The highest BCUT2D eigenvalue weighted by Crippen LogP contribution is 2.31. The number of nitrogens with one attached hydrogen (secondary N) is 1. The molecule has 0 spiro atoms. The van der Waals surface area contributed by atoms with Crippen LogP contribution < -0.4 is 5.32 Å². The molecule has 4 atom stereocenters. The lowest BCUT2D eigenvalue weighted by Gasteiger charge is -2.38. The van der Waals surface area contributed by atoms with Crippen molar-refractivity contribution >= 4 is 5.91 Å². The molecule has 1 aromatic rings. The van der Waals surface area contributed by atoms with Gasteiger partial charge in [-0.15, -0.1) is 0 Å². The Bertz CT molecular complexity index is 487. The summed E-state index contributed by atoms with van der Waals surface area (Å²) >= 11 is 0. The Kier molecular flexibility index (Phi) is 4.29. The van der Waals surface area contributed by atoms with Crippen LogP contribution in [0.3, 0.4) is 0 Å². The number of amides is 1. The Balaban J connectivity index is 1.71. The number of hydrogen-bond donors (Lipinski definition) is 1. The molecule has 21 heavy (non-hydrogen) atoms. The molecule has 1 saturated heterocycles. The lowest BCUT2D eigenvalue weighted by atomic mass is 9.84. The Labute approximate surface area is 127 Å². The molecule has 2 aliphatic rings. The molecule has 1 aromatic carbocycles. The second-order valence-corrected chi connectivity index (χ2v) is 6.66. The molecular weight excluding hydrogens is 260 g/mol. The van der Waals surface area contributed by atoms with Crippen molar-refractivity contribution in [2.24, 2.45) is 5.92 Å². The Morgan fingerprint density at radius 2 is 1.86 bits per heavy atom. The second-order valence-electron chi connectivity index (χ2n) is 6.66. The van der Waals surface area contributed by atoms with Crippen LogP contribution in [0.1, 0.15) is 45.1 Å². The van der Waals surface area contributed by atoms with Crippen molar-refractivity contribution in [3.63, 3.8) is 0 Å². The minimum atomic E-state index is -0.0588. The van der Waals surface area contributed by atoms with Gasteiger partial charge in [0, 0.05) is 6.04 Å². The lowest BCUT2D eigenvalue weighted by Crippen LogP contribution is -2.47. The topological polar surface area (TPSA) is 32.3 Å². The van der Waals surface area contributed by atoms with E-state index in [0.29, 0.717) is 17.9 Å². The SMILES string of the molecule is CC1CCCCC1N1C(=O)C(Cc2ccccc2)NC1C. The summed E-state index contributed by atoms with van der Waals surface area (Å²) in [6.07, 6.45) is 5.95. The third kappa shape index (κ3) is 2.98. The summed E-state index contributed by atoms with van der Waals surface area (Å²) in [5.41, 5.74) is 1.23. The van der Waals surface area contributed by atoms with Gasteiger partial charge in [0.05, 0.1) is 12.2 Å². The first kappa shape index (κ1) is 14.6. The summed E-state index contributed by atoms with van der Waals surface area (Å²) in [4.78, 5) is 15.0. The highest BCUT2D eigenvalue weighted by Gasteiger charge is 2.42. The Hall–Kier alpha value is -1.35. The first-order valence-corrected chi connectivity index (χ1v) is 8.29. The average Bonchev–Trinajstić information content (AvgIpc) is 2.76. The summed E-state index contributed by atoms with van der Waals surface area (Å²) in [7, 11) is 0. The van der Waals surface area contributed by atoms with Gasteiger partial charge in [0.2, 0.25) is 5.91 Å². The number of rotatable bonds is 3. The van der Waals surface area contributed by atoms with Crippen LogP contribution in [-0.4, -0.2) is 29.1 Å². The highest BCUT2D eigenvalue weighted by molar-refractivity contribution is 5.85. The normalized spacial score (nSPS) is 33.4. The quantitative estimate of drug-likeness (QED) is 0.926. The van der Waals surface area contributed by atoms with Crippen LogP contribution in [0.2, 0.25) is 0 Å². The molecule has 3 nitrogen and oxygen atoms in total. The summed E-state index contributed by atoms with van der Waals surface area (Å²) in [6.45, 7) is 4.43. The van der Waals surface area contributed by atoms with Crippen molar-refractivity contribution in [3.8, 4) is 0 Å². The molecule has 1 N–H and O–H groups in total. The Morgan fingerprint density at radius 3 is 2.57 bits per heavy atom. The van der Waals surface area contributed by atoms with Crippen LogP contribution >= 0.6 is 0 Å². The lowest BCUT2D eigenvalue weighted by molar-refractivity contribution is -0.133. The third-order valence-corrected chi connectivity index (χ3v) is 5.12. The fourth-order valence-electron chi connectivity index (χ4n) is 3.97. The standard InChI is InChI=1S/C18H26N2O/c1-13-8-6-7-11-17(13)20-14(2)19-16(18(20)21)12-15-9-4-3-5-10-15/h3-5,9-10,13-14,16-17,19H,6-8,11-12H2,1-2H3. The fraction of sp³-hybridized carbons (Fsp3) is 0.611. The van der Waals surface area contributed by atoms with E-state index in [4.69, 9.17) is 0 Å². The third-order valence-electron chi connectivity index (χ3n) is 5.12. The van der Waals surface area contributed by atoms with Crippen molar-refractivity contribution in [2.75, 3.05) is 0 Å². The number of hydrogen-bond acceptors (Lipinski definition) is 2. The number of nitrogens with zero attached hydrogens (tertiary/aromatic N) is 1. The molecule has 3 rings (SSSR count). The monoisotopic (exact) mass is 286 g/mol. The minimum Gasteiger partial charge on any atom is -0.323 e. The van der Waals surface area contributed by atoms with Crippen molar-refractivity contribution in [1.29, 1.82) is 0 Å². The van der Waals surface area contributed by atoms with E-state index in [2.05, 4.69) is 36.2 Å². The molecule has 2 fully saturated rings. The predicted octanol–water partition coefficient (Wildman–Crippen LogP) is 2.95. The Morgan fingerprint density at radius 1 is 1.14 bits per heavy atom. The fourth-order valence-corrected chi connectivity index (χ4v) is 3.97. The van der Waals surface area contributed by atoms with E-state index in [1.807, 2.05) is 18.2 Å². The molecule has 1 aliphatic heterocycles. The number of carbonyl (C=O) groups is 1. The van der Waals surface area contributed by atoms with Gasteiger partial charge in [0.1, 0.15) is 0 Å². The van der Waals surface area contributed by atoms with Crippen LogP contribution in [-0.2, 0) is 11.2 Å². The summed E-state index contributed by atoms with van der Waals surface area (Å²) < 4.78 is 0. The molecule has 4 unspecified atom stereocenters. The largest absolute Gasteiger partial charge is 0.323 e. The van der Waals surface area contributed by atoms with Crippen LogP contribution in [0.15, 0.2) is 30.3 Å². The van der Waals surface area contributed by atoms with E-state index in [-0.39, 0.29) is 12.2 Å². The maximum Gasteiger partial charge on any atom is 0.241 e. The van der Waals surface area contributed by atoms with Gasteiger partial charge in [-0.1, -0.05) is 50.1 Å². The zero-order chi connectivity index (χ0) is 14.8. The molecule has 0 bridgehead atoms. The molecule has 1 amide bonds. The van der Waals surface area contributed by atoms with Crippen molar-refractivity contribution in [3.05, 3.63) is 35.9 Å². The van der Waals surface area contributed by atoms with Gasteiger partial charge in [-0.2, -0.15) is 0 Å². The molecule has 3 heteroatoms. The van der Waals surface area contributed by atoms with Gasteiger partial charge in [0.15, 0.2) is 0 Å². The van der Waals surface area contributed by atoms with Gasteiger partial charge in [-0.3, -0.25) is 10.1 Å². The van der Waals surface area contributed by atoms with E-state index in [0.717, 1.165) is 12.8 Å². The maximum atomic E-state index is 12.8. The van der Waals surface area contributed by atoms with E-state index in [1.54, 1.807) is 0 Å². The average molecular weight is 286 g/mol. The predicted molar refractivity (Wildman–Crippen MR) is 84.8 cm³/mol. The van der Waals surface area contributed by atoms with Crippen LogP contribution in [0.4, 0.5) is 0 Å². The summed E-state index contributed by atoms with van der Waals surface area (Å²) in [6, 6.07) is 10.7. The van der Waals surface area contributed by atoms with Gasteiger partial charge < -0.3 is 4.90 Å². The molecule has 114 valence electrons. The van der Waals surface area contributed by atoms with Crippen molar-refractivity contribution < 1.29 is 4.79 Å². The summed E-state index contributed by atoms with van der Waals surface area (Å²) in [5, 5.41) is 3.50.